The zero-order chi connectivity index (χ0) is 19.6. The average molecular weight is 373 g/mol. The topological polar surface area (TPSA) is 102 Å². The van der Waals surface area contributed by atoms with Gasteiger partial charge in [0.05, 0.1) is 11.5 Å². The highest BCUT2D eigenvalue weighted by Gasteiger charge is 2.48. The Bertz CT molecular complexity index is 902. The van der Waals surface area contributed by atoms with Crippen molar-refractivity contribution < 1.29 is 23.6 Å². The summed E-state index contributed by atoms with van der Waals surface area (Å²) < 4.78 is 18.5. The molecule has 27 heavy (non-hydrogen) atoms. The number of nitro groups is 1. The second-order valence-corrected chi connectivity index (χ2v) is 6.09. The number of carbonyl (C=O) groups is 2. The molecule has 2 aromatic carbocycles. The number of hydrogen-bond donors (Lipinski definition) is 1. The van der Waals surface area contributed by atoms with Crippen LogP contribution in [0.4, 0.5) is 14.9 Å². The van der Waals surface area contributed by atoms with Gasteiger partial charge in [-0.05, 0) is 30.7 Å². The van der Waals surface area contributed by atoms with Crippen LogP contribution in [-0.4, -0.2) is 34.9 Å². The number of nitro benzene ring substituents is 1. The first-order valence-electron chi connectivity index (χ1n) is 8.09. The van der Waals surface area contributed by atoms with Crippen LogP contribution < -0.4 is 10.1 Å². The molecule has 0 unspecified atom stereocenters. The van der Waals surface area contributed by atoms with Crippen molar-refractivity contribution >= 4 is 17.6 Å². The SMILES string of the molecule is C[C@@]1(c2ccc(F)cc2)NC(=O)N(CCOc2ccccc2[N+](=O)[O-])C1=O. The summed E-state index contributed by atoms with van der Waals surface area (Å²) in [6.07, 6.45) is 0. The highest BCUT2D eigenvalue weighted by molar-refractivity contribution is 6.07. The van der Waals surface area contributed by atoms with Crippen molar-refractivity contribution in [1.29, 1.82) is 0 Å². The number of nitrogens with zero attached hydrogens (tertiary/aromatic N) is 2. The number of imide groups is 1. The molecule has 1 atom stereocenters. The zero-order valence-electron chi connectivity index (χ0n) is 14.3. The highest BCUT2D eigenvalue weighted by atomic mass is 19.1. The smallest absolute Gasteiger partial charge is 0.325 e. The summed E-state index contributed by atoms with van der Waals surface area (Å²) >= 11 is 0. The predicted molar refractivity (Wildman–Crippen MR) is 92.6 cm³/mol. The number of halogens is 1. The maximum Gasteiger partial charge on any atom is 0.325 e. The van der Waals surface area contributed by atoms with E-state index in [0.29, 0.717) is 5.56 Å². The van der Waals surface area contributed by atoms with Crippen LogP contribution in [0.25, 0.3) is 0 Å². The number of ether oxygens (including phenoxy) is 1. The molecule has 3 amide bonds. The largest absolute Gasteiger partial charge is 0.485 e. The molecule has 1 saturated heterocycles. The molecule has 1 fully saturated rings. The average Bonchev–Trinajstić information content (AvgIpc) is 2.86. The monoisotopic (exact) mass is 373 g/mol. The number of amides is 3. The van der Waals surface area contributed by atoms with Crippen LogP contribution in [-0.2, 0) is 10.3 Å². The van der Waals surface area contributed by atoms with Crippen molar-refractivity contribution in [2.24, 2.45) is 0 Å². The zero-order valence-corrected chi connectivity index (χ0v) is 14.3. The first-order valence-corrected chi connectivity index (χ1v) is 8.09. The lowest BCUT2D eigenvalue weighted by Gasteiger charge is -2.22. The molecule has 0 bridgehead atoms. The fourth-order valence-corrected chi connectivity index (χ4v) is 2.86. The maximum absolute atomic E-state index is 13.1. The second kappa shape index (κ2) is 7.02. The van der Waals surface area contributed by atoms with E-state index < -0.39 is 28.2 Å². The molecule has 0 aliphatic carbocycles. The molecule has 1 heterocycles. The van der Waals surface area contributed by atoms with Gasteiger partial charge < -0.3 is 10.1 Å². The molecule has 1 N–H and O–H groups in total. The Kier molecular flexibility index (Phi) is 4.76. The van der Waals surface area contributed by atoms with Gasteiger partial charge >= 0.3 is 11.7 Å². The molecule has 2 aromatic rings. The number of urea groups is 1. The van der Waals surface area contributed by atoms with Gasteiger partial charge in [0.25, 0.3) is 5.91 Å². The van der Waals surface area contributed by atoms with Crippen molar-refractivity contribution in [2.75, 3.05) is 13.2 Å². The molecular formula is C18H16FN3O5. The third-order valence-corrected chi connectivity index (χ3v) is 4.33. The molecule has 140 valence electrons. The van der Waals surface area contributed by atoms with Crippen LogP contribution in [0.5, 0.6) is 5.75 Å². The van der Waals surface area contributed by atoms with Gasteiger partial charge in [0.1, 0.15) is 18.0 Å². The van der Waals surface area contributed by atoms with Crippen LogP contribution in [0.2, 0.25) is 0 Å². The molecule has 8 nitrogen and oxygen atoms in total. The standard InChI is InChI=1S/C18H16FN3O5/c1-18(12-6-8-13(19)9-7-12)16(23)21(17(24)20-18)10-11-27-15-5-3-2-4-14(15)22(25)26/h2-9H,10-11H2,1H3,(H,20,24)/t18-/m0/s1. The molecule has 1 aliphatic heterocycles. The summed E-state index contributed by atoms with van der Waals surface area (Å²) in [7, 11) is 0. The summed E-state index contributed by atoms with van der Waals surface area (Å²) in [6, 6.07) is 10.5. The Labute approximate surface area is 153 Å². The normalized spacial score (nSPS) is 19.1. The molecule has 9 heteroatoms. The van der Waals surface area contributed by atoms with E-state index in [1.807, 2.05) is 0 Å². The van der Waals surface area contributed by atoms with Crippen molar-refractivity contribution in [3.63, 3.8) is 0 Å². The molecule has 1 aliphatic rings. The maximum atomic E-state index is 13.1. The van der Waals surface area contributed by atoms with Crippen LogP contribution in [0.1, 0.15) is 12.5 Å². The van der Waals surface area contributed by atoms with Crippen LogP contribution in [0.3, 0.4) is 0 Å². The minimum atomic E-state index is -1.32. The number of benzene rings is 2. The summed E-state index contributed by atoms with van der Waals surface area (Å²) in [5.74, 6) is -0.907. The third-order valence-electron chi connectivity index (χ3n) is 4.33. The van der Waals surface area contributed by atoms with Crippen LogP contribution in [0.15, 0.2) is 48.5 Å². The van der Waals surface area contributed by atoms with Crippen molar-refractivity contribution in [3.8, 4) is 5.75 Å². The molecular weight excluding hydrogens is 357 g/mol. The van der Waals surface area contributed by atoms with E-state index in [-0.39, 0.29) is 24.6 Å². The Morgan fingerprint density at radius 3 is 2.52 bits per heavy atom. The van der Waals surface area contributed by atoms with Gasteiger partial charge in [-0.25, -0.2) is 9.18 Å². The Hall–Kier alpha value is -3.49. The van der Waals surface area contributed by atoms with Gasteiger partial charge in [0.15, 0.2) is 5.75 Å². The Balaban J connectivity index is 1.70. The van der Waals surface area contributed by atoms with Crippen LogP contribution >= 0.6 is 0 Å². The first kappa shape index (κ1) is 18.3. The van der Waals surface area contributed by atoms with Gasteiger partial charge in [-0.15, -0.1) is 0 Å². The van der Waals surface area contributed by atoms with Gasteiger partial charge in [0.2, 0.25) is 0 Å². The number of para-hydroxylation sites is 2. The van der Waals surface area contributed by atoms with Crippen molar-refractivity contribution in [1.82, 2.24) is 10.2 Å². The highest BCUT2D eigenvalue weighted by Crippen LogP contribution is 2.29. The lowest BCUT2D eigenvalue weighted by Crippen LogP contribution is -2.41. The fraction of sp³-hybridized carbons (Fsp3) is 0.222. The second-order valence-electron chi connectivity index (χ2n) is 6.09. The number of hydrogen-bond acceptors (Lipinski definition) is 5. The number of carbonyl (C=O) groups excluding carboxylic acids is 2. The van der Waals surface area contributed by atoms with Gasteiger partial charge in [-0.2, -0.15) is 0 Å². The lowest BCUT2D eigenvalue weighted by atomic mass is 9.92. The number of nitrogens with one attached hydrogen (secondary N) is 1. The van der Waals surface area contributed by atoms with E-state index in [0.717, 1.165) is 4.90 Å². The van der Waals surface area contributed by atoms with Crippen LogP contribution in [0, 0.1) is 15.9 Å². The molecule has 3 rings (SSSR count). The number of rotatable bonds is 6. The predicted octanol–water partition coefficient (Wildman–Crippen LogP) is 2.58. The lowest BCUT2D eigenvalue weighted by molar-refractivity contribution is -0.385. The molecule has 0 aromatic heterocycles. The fourth-order valence-electron chi connectivity index (χ4n) is 2.86. The van der Waals surface area contributed by atoms with Crippen molar-refractivity contribution in [2.45, 2.75) is 12.5 Å². The van der Waals surface area contributed by atoms with Gasteiger partial charge in [-0.3, -0.25) is 19.8 Å². The molecule has 0 spiro atoms. The minimum Gasteiger partial charge on any atom is -0.485 e. The van der Waals surface area contributed by atoms with Crippen molar-refractivity contribution in [3.05, 3.63) is 70.0 Å². The first-order chi connectivity index (χ1) is 12.8. The van der Waals surface area contributed by atoms with E-state index in [4.69, 9.17) is 4.74 Å². The van der Waals surface area contributed by atoms with Gasteiger partial charge in [0, 0.05) is 6.07 Å². The van der Waals surface area contributed by atoms with E-state index in [9.17, 15) is 24.1 Å². The van der Waals surface area contributed by atoms with E-state index in [1.165, 1.54) is 49.4 Å². The third kappa shape index (κ3) is 3.43. The van der Waals surface area contributed by atoms with E-state index in [1.54, 1.807) is 6.07 Å². The summed E-state index contributed by atoms with van der Waals surface area (Å²) in [5.41, 5.74) is -1.07. The summed E-state index contributed by atoms with van der Waals surface area (Å²) in [5, 5.41) is 13.6. The van der Waals surface area contributed by atoms with Gasteiger partial charge in [-0.1, -0.05) is 24.3 Å². The van der Waals surface area contributed by atoms with E-state index >= 15 is 0 Å². The molecule has 0 saturated carbocycles. The summed E-state index contributed by atoms with van der Waals surface area (Å²) in [6.45, 7) is 1.33. The Morgan fingerprint density at radius 2 is 1.85 bits per heavy atom. The van der Waals surface area contributed by atoms with E-state index in [2.05, 4.69) is 5.32 Å². The molecule has 0 radical (unpaired) electrons. The Morgan fingerprint density at radius 1 is 1.19 bits per heavy atom. The minimum absolute atomic E-state index is 0.0517. The summed E-state index contributed by atoms with van der Waals surface area (Å²) in [4.78, 5) is 36.3. The quantitative estimate of drug-likeness (QED) is 0.476.